The largest absolute Gasteiger partial charge is 0.379 e. The first-order valence-electron chi connectivity index (χ1n) is 10.1. The molecule has 1 fully saturated rings. The third kappa shape index (κ3) is 5.68. The molecule has 162 valence electrons. The molecule has 0 radical (unpaired) electrons. The van der Waals surface area contributed by atoms with Gasteiger partial charge in [-0.25, -0.2) is 9.37 Å². The lowest BCUT2D eigenvalue weighted by Crippen LogP contribution is -2.44. The molecule has 1 aliphatic rings. The Morgan fingerprint density at radius 2 is 1.94 bits per heavy atom. The van der Waals surface area contributed by atoms with Gasteiger partial charge in [-0.3, -0.25) is 9.69 Å². The van der Waals surface area contributed by atoms with E-state index in [1.54, 1.807) is 12.1 Å². The van der Waals surface area contributed by atoms with Crippen LogP contribution in [-0.4, -0.2) is 48.6 Å². The van der Waals surface area contributed by atoms with Crippen molar-refractivity contribution in [3.8, 4) is 10.6 Å². The molecule has 1 aliphatic heterocycles. The summed E-state index contributed by atoms with van der Waals surface area (Å²) >= 11 is 7.72. The average molecular weight is 460 g/mol. The molecule has 8 heteroatoms. The number of aromatic nitrogens is 1. The van der Waals surface area contributed by atoms with Crippen LogP contribution in [0.4, 0.5) is 4.39 Å². The maximum absolute atomic E-state index is 13.4. The van der Waals surface area contributed by atoms with Gasteiger partial charge in [0.05, 0.1) is 36.4 Å². The second kappa shape index (κ2) is 10.3. The first-order chi connectivity index (χ1) is 15.1. The Bertz CT molecular complexity index is 1020. The number of halogens is 2. The number of rotatable bonds is 7. The van der Waals surface area contributed by atoms with Gasteiger partial charge in [0.15, 0.2) is 0 Å². The normalized spacial score (nSPS) is 15.5. The van der Waals surface area contributed by atoms with Gasteiger partial charge in [-0.05, 0) is 23.8 Å². The molecule has 0 bridgehead atoms. The van der Waals surface area contributed by atoms with Crippen LogP contribution >= 0.6 is 22.9 Å². The van der Waals surface area contributed by atoms with Gasteiger partial charge in [0.1, 0.15) is 10.8 Å². The van der Waals surface area contributed by atoms with Crippen molar-refractivity contribution < 1.29 is 13.9 Å². The zero-order valence-electron chi connectivity index (χ0n) is 16.9. The molecule has 2 aromatic carbocycles. The molecule has 3 aromatic rings. The average Bonchev–Trinajstić information content (AvgIpc) is 3.24. The molecule has 1 unspecified atom stereocenters. The predicted octanol–water partition coefficient (Wildman–Crippen LogP) is 4.33. The number of morpholine rings is 1. The van der Waals surface area contributed by atoms with E-state index < -0.39 is 0 Å². The Morgan fingerprint density at radius 1 is 1.19 bits per heavy atom. The van der Waals surface area contributed by atoms with Gasteiger partial charge in [-0.1, -0.05) is 41.9 Å². The third-order valence-electron chi connectivity index (χ3n) is 5.23. The fraction of sp³-hybridized carbons (Fsp3) is 0.304. The Balaban J connectivity index is 1.40. The summed E-state index contributed by atoms with van der Waals surface area (Å²) in [4.78, 5) is 19.5. The van der Waals surface area contributed by atoms with E-state index in [0.717, 1.165) is 29.2 Å². The minimum absolute atomic E-state index is 0.0393. The first-order valence-corrected chi connectivity index (χ1v) is 11.4. The zero-order chi connectivity index (χ0) is 21.6. The SMILES string of the molecule is O=C(Cc1csc(-c2ccccc2Cl)n1)NCC(c1ccc(F)cc1)N1CCOCC1. The molecule has 0 aliphatic carbocycles. The number of thiazole rings is 1. The molecule has 1 atom stereocenters. The van der Waals surface area contributed by atoms with Crippen molar-refractivity contribution in [3.05, 3.63) is 76.0 Å². The van der Waals surface area contributed by atoms with Crippen molar-refractivity contribution in [1.82, 2.24) is 15.2 Å². The molecular weight excluding hydrogens is 437 g/mol. The van der Waals surface area contributed by atoms with E-state index in [4.69, 9.17) is 16.3 Å². The number of ether oxygens (including phenoxy) is 1. The summed E-state index contributed by atoms with van der Waals surface area (Å²) in [5.74, 6) is -0.372. The second-order valence-corrected chi connectivity index (χ2v) is 8.59. The summed E-state index contributed by atoms with van der Waals surface area (Å²) in [6.07, 6.45) is 0.195. The summed E-state index contributed by atoms with van der Waals surface area (Å²) in [7, 11) is 0. The van der Waals surface area contributed by atoms with Crippen LogP contribution in [-0.2, 0) is 16.0 Å². The van der Waals surface area contributed by atoms with Gasteiger partial charge in [-0.2, -0.15) is 0 Å². The van der Waals surface area contributed by atoms with E-state index in [-0.39, 0.29) is 24.2 Å². The van der Waals surface area contributed by atoms with Crippen LogP contribution in [0.15, 0.2) is 53.9 Å². The molecule has 4 rings (SSSR count). The lowest BCUT2D eigenvalue weighted by Gasteiger charge is -2.35. The van der Waals surface area contributed by atoms with Gasteiger partial charge in [0, 0.05) is 30.6 Å². The molecule has 1 amide bonds. The van der Waals surface area contributed by atoms with Crippen molar-refractivity contribution in [2.75, 3.05) is 32.8 Å². The van der Waals surface area contributed by atoms with Crippen LogP contribution in [0.3, 0.4) is 0 Å². The Kier molecular flexibility index (Phi) is 7.29. The van der Waals surface area contributed by atoms with E-state index in [1.807, 2.05) is 29.6 Å². The minimum atomic E-state index is -0.272. The van der Waals surface area contributed by atoms with Crippen molar-refractivity contribution in [2.24, 2.45) is 0 Å². The van der Waals surface area contributed by atoms with Gasteiger partial charge in [-0.15, -0.1) is 11.3 Å². The molecular formula is C23H23ClFN3O2S. The maximum atomic E-state index is 13.4. The summed E-state index contributed by atoms with van der Waals surface area (Å²) in [5, 5.41) is 6.35. The van der Waals surface area contributed by atoms with E-state index >= 15 is 0 Å². The van der Waals surface area contributed by atoms with Crippen LogP contribution in [0.1, 0.15) is 17.3 Å². The summed E-state index contributed by atoms with van der Waals surface area (Å²) in [6, 6.07) is 14.0. The van der Waals surface area contributed by atoms with Crippen molar-refractivity contribution >= 4 is 28.8 Å². The van der Waals surface area contributed by atoms with Crippen LogP contribution in [0.5, 0.6) is 0 Å². The van der Waals surface area contributed by atoms with Gasteiger partial charge >= 0.3 is 0 Å². The fourth-order valence-corrected chi connectivity index (χ4v) is 4.76. The highest BCUT2D eigenvalue weighted by atomic mass is 35.5. The number of hydrogen-bond donors (Lipinski definition) is 1. The summed E-state index contributed by atoms with van der Waals surface area (Å²) in [6.45, 7) is 3.27. The Hall–Kier alpha value is -2.32. The summed E-state index contributed by atoms with van der Waals surface area (Å²) in [5.41, 5.74) is 2.55. The number of hydrogen-bond acceptors (Lipinski definition) is 5. The van der Waals surface area contributed by atoms with Crippen LogP contribution in [0, 0.1) is 5.82 Å². The highest BCUT2D eigenvalue weighted by Crippen LogP contribution is 2.30. The standard InChI is InChI=1S/C23H23ClFN3O2S/c24-20-4-2-1-3-19(20)23-27-18(15-31-23)13-22(29)26-14-21(28-9-11-30-12-10-28)16-5-7-17(25)8-6-16/h1-8,15,21H,9-14H2,(H,26,29). The van der Waals surface area contributed by atoms with Gasteiger partial charge < -0.3 is 10.1 Å². The number of carbonyl (C=O) groups is 1. The third-order valence-corrected chi connectivity index (χ3v) is 6.49. The number of nitrogens with zero attached hydrogens (tertiary/aromatic N) is 2. The maximum Gasteiger partial charge on any atom is 0.226 e. The van der Waals surface area contributed by atoms with Gasteiger partial charge in [0.2, 0.25) is 5.91 Å². The van der Waals surface area contributed by atoms with E-state index in [0.29, 0.717) is 30.5 Å². The highest BCUT2D eigenvalue weighted by molar-refractivity contribution is 7.13. The highest BCUT2D eigenvalue weighted by Gasteiger charge is 2.23. The van der Waals surface area contributed by atoms with E-state index in [2.05, 4.69) is 15.2 Å². The lowest BCUT2D eigenvalue weighted by atomic mass is 10.0. The van der Waals surface area contributed by atoms with Crippen LogP contribution in [0.2, 0.25) is 5.02 Å². The molecule has 1 aromatic heterocycles. The Morgan fingerprint density at radius 3 is 2.68 bits per heavy atom. The molecule has 31 heavy (non-hydrogen) atoms. The topological polar surface area (TPSA) is 54.5 Å². The van der Waals surface area contributed by atoms with E-state index in [1.165, 1.54) is 23.5 Å². The molecule has 1 saturated heterocycles. The van der Waals surface area contributed by atoms with E-state index in [9.17, 15) is 9.18 Å². The quantitative estimate of drug-likeness (QED) is 0.571. The monoisotopic (exact) mass is 459 g/mol. The van der Waals surface area contributed by atoms with Gasteiger partial charge in [0.25, 0.3) is 0 Å². The molecule has 0 spiro atoms. The van der Waals surface area contributed by atoms with Crippen molar-refractivity contribution in [1.29, 1.82) is 0 Å². The predicted molar refractivity (Wildman–Crippen MR) is 121 cm³/mol. The van der Waals surface area contributed by atoms with Crippen molar-refractivity contribution in [2.45, 2.75) is 12.5 Å². The second-order valence-electron chi connectivity index (χ2n) is 7.32. The Labute approximate surface area is 189 Å². The minimum Gasteiger partial charge on any atom is -0.379 e. The first kappa shape index (κ1) is 21.9. The number of amides is 1. The smallest absolute Gasteiger partial charge is 0.226 e. The molecule has 1 N–H and O–H groups in total. The van der Waals surface area contributed by atoms with Crippen molar-refractivity contribution in [3.63, 3.8) is 0 Å². The molecule has 2 heterocycles. The number of carbonyl (C=O) groups excluding carboxylic acids is 1. The molecule has 5 nitrogen and oxygen atoms in total. The fourth-order valence-electron chi connectivity index (χ4n) is 3.62. The summed E-state index contributed by atoms with van der Waals surface area (Å²) < 4.78 is 18.8. The van der Waals surface area contributed by atoms with Crippen LogP contribution in [0.25, 0.3) is 10.6 Å². The zero-order valence-corrected chi connectivity index (χ0v) is 18.5. The molecule has 0 saturated carbocycles. The number of nitrogens with one attached hydrogen (secondary N) is 1. The number of benzene rings is 2. The van der Waals surface area contributed by atoms with Crippen LogP contribution < -0.4 is 5.32 Å². The lowest BCUT2D eigenvalue weighted by molar-refractivity contribution is -0.120.